The average molecular weight is 385 g/mol. The largest absolute Gasteiger partial charge is 0.480 e. The number of piperidine rings is 1. The molecule has 1 rings (SSSR count). The number of rotatable bonds is 3. The van der Waals surface area contributed by atoms with Gasteiger partial charge in [0.05, 0.1) is 0 Å². The van der Waals surface area contributed by atoms with Gasteiger partial charge in [-0.3, -0.25) is 4.90 Å². The van der Waals surface area contributed by atoms with Gasteiger partial charge in [-0.1, -0.05) is 0 Å². The van der Waals surface area contributed by atoms with E-state index >= 15 is 0 Å². The molecule has 146 valence electrons. The van der Waals surface area contributed by atoms with E-state index in [1.165, 1.54) is 0 Å². The molecule has 1 saturated heterocycles. The van der Waals surface area contributed by atoms with Crippen molar-refractivity contribution in [1.29, 1.82) is 0 Å². The number of halogens is 3. The van der Waals surface area contributed by atoms with Crippen LogP contribution in [0.25, 0.3) is 0 Å². The molecule has 0 spiro atoms. The highest BCUT2D eigenvalue weighted by atomic mass is 28.4. The van der Waals surface area contributed by atoms with E-state index in [1.807, 2.05) is 0 Å². The minimum absolute atomic E-state index is 0.407. The molecule has 1 aliphatic heterocycles. The summed E-state index contributed by atoms with van der Waals surface area (Å²) in [5.74, 6) is -1.52. The van der Waals surface area contributed by atoms with Gasteiger partial charge in [-0.2, -0.15) is 13.2 Å². The van der Waals surface area contributed by atoms with Crippen LogP contribution in [0, 0.1) is 0 Å². The fourth-order valence-corrected chi connectivity index (χ4v) is 4.21. The summed E-state index contributed by atoms with van der Waals surface area (Å²) in [6, 6.07) is -1.67. The molecule has 0 bridgehead atoms. The van der Waals surface area contributed by atoms with E-state index in [2.05, 4.69) is 0 Å². The summed E-state index contributed by atoms with van der Waals surface area (Å²) < 4.78 is 51.7. The Hall–Kier alpha value is -1.29. The van der Waals surface area contributed by atoms with E-state index in [1.54, 1.807) is 40.4 Å². The molecule has 6 nitrogen and oxygen atoms in total. The summed E-state index contributed by atoms with van der Waals surface area (Å²) >= 11 is 0. The van der Waals surface area contributed by atoms with E-state index in [-0.39, 0.29) is 0 Å². The first-order chi connectivity index (χ1) is 11.0. The second-order valence-electron chi connectivity index (χ2n) is 8.19. The minimum Gasteiger partial charge on any atom is -0.480 e. The van der Waals surface area contributed by atoms with Crippen molar-refractivity contribution in [2.75, 3.05) is 6.54 Å². The van der Waals surface area contributed by atoms with Gasteiger partial charge in [-0.15, -0.1) is 0 Å². The molecule has 1 heterocycles. The van der Waals surface area contributed by atoms with E-state index in [4.69, 9.17) is 9.16 Å². The van der Waals surface area contributed by atoms with E-state index in [9.17, 15) is 27.9 Å². The maximum atomic E-state index is 13.7. The maximum absolute atomic E-state index is 13.7. The number of hydrogen-bond acceptors (Lipinski definition) is 4. The third-order valence-corrected chi connectivity index (χ3v) is 4.59. The number of alkyl halides is 3. The maximum Gasteiger partial charge on any atom is 0.416 e. The van der Waals surface area contributed by atoms with Crippen LogP contribution >= 0.6 is 0 Å². The number of likely N-dealkylation sites (tertiary alicyclic amines) is 1. The Labute approximate surface area is 146 Å². The number of aliphatic carboxylic acids is 1. The molecule has 0 aliphatic carbocycles. The summed E-state index contributed by atoms with van der Waals surface area (Å²) in [6.07, 6.45) is -7.05. The number of ether oxygens (including phenoxy) is 1. The van der Waals surface area contributed by atoms with Crippen LogP contribution in [0.3, 0.4) is 0 Å². The SMILES string of the molecule is CC(C)(C)OC(=O)N1CC[C@](O[Si](C)(C)C)(C(F)(F)F)C[C@@H]1C(=O)O. The summed E-state index contributed by atoms with van der Waals surface area (Å²) in [4.78, 5) is 24.6. The highest BCUT2D eigenvalue weighted by molar-refractivity contribution is 6.69. The van der Waals surface area contributed by atoms with Crippen LogP contribution in [-0.4, -0.2) is 60.4 Å². The molecule has 0 unspecified atom stereocenters. The molecule has 1 N–H and O–H groups in total. The zero-order valence-corrected chi connectivity index (χ0v) is 16.4. The first-order valence-corrected chi connectivity index (χ1v) is 11.4. The lowest BCUT2D eigenvalue weighted by atomic mass is 9.86. The van der Waals surface area contributed by atoms with Gasteiger partial charge in [0.1, 0.15) is 11.6 Å². The van der Waals surface area contributed by atoms with Crippen molar-refractivity contribution in [3.05, 3.63) is 0 Å². The Morgan fingerprint density at radius 3 is 2.08 bits per heavy atom. The third-order valence-electron chi connectivity index (χ3n) is 3.59. The summed E-state index contributed by atoms with van der Waals surface area (Å²) in [6.45, 7) is 9.20. The van der Waals surface area contributed by atoms with Crippen LogP contribution in [0.2, 0.25) is 19.6 Å². The molecule has 2 atom stereocenters. The molecular weight excluding hydrogens is 359 g/mol. The standard InChI is InChI=1S/C15H26F3NO5Si/c1-13(2,3)23-12(22)19-8-7-14(15(16,17)18,24-25(4,5)6)9-10(19)11(20)21/h10H,7-9H2,1-6H3,(H,20,21)/t10-,14-/m1/s1. The first kappa shape index (κ1) is 21.7. The van der Waals surface area contributed by atoms with Gasteiger partial charge in [0.2, 0.25) is 0 Å². The Morgan fingerprint density at radius 2 is 1.72 bits per heavy atom. The van der Waals surface area contributed by atoms with E-state index in [0.29, 0.717) is 0 Å². The molecule has 1 aliphatic rings. The molecule has 0 aromatic carbocycles. The third kappa shape index (κ3) is 5.60. The Kier molecular flexibility index (Phi) is 5.90. The van der Waals surface area contributed by atoms with Crippen molar-refractivity contribution in [2.45, 2.75) is 76.7 Å². The number of nitrogens with zero attached hydrogens (tertiary/aromatic N) is 1. The van der Waals surface area contributed by atoms with Gasteiger partial charge in [0.15, 0.2) is 13.9 Å². The minimum atomic E-state index is -4.74. The summed E-state index contributed by atoms with van der Waals surface area (Å²) in [7, 11) is -2.63. The molecule has 25 heavy (non-hydrogen) atoms. The van der Waals surface area contributed by atoms with Crippen molar-refractivity contribution in [1.82, 2.24) is 4.90 Å². The number of hydrogen-bond donors (Lipinski definition) is 1. The van der Waals surface area contributed by atoms with Crippen molar-refractivity contribution in [3.63, 3.8) is 0 Å². The number of carboxylic acid groups (broad SMARTS) is 1. The first-order valence-electron chi connectivity index (χ1n) is 7.97. The lowest BCUT2D eigenvalue weighted by Crippen LogP contribution is -2.64. The molecular formula is C15H26F3NO5Si. The molecule has 1 amide bonds. The number of carboxylic acids is 1. The molecule has 0 radical (unpaired) electrons. The van der Waals surface area contributed by atoms with Crippen molar-refractivity contribution in [3.8, 4) is 0 Å². The van der Waals surface area contributed by atoms with Crippen molar-refractivity contribution < 1.29 is 37.0 Å². The number of carbonyl (C=O) groups excluding carboxylic acids is 1. The van der Waals surface area contributed by atoms with Gasteiger partial charge >= 0.3 is 18.2 Å². The second kappa shape index (κ2) is 6.79. The van der Waals surface area contributed by atoms with Gasteiger partial charge in [0.25, 0.3) is 0 Å². The highest BCUT2D eigenvalue weighted by Gasteiger charge is 2.62. The van der Waals surface area contributed by atoms with Gasteiger partial charge in [-0.05, 0) is 40.4 Å². The monoisotopic (exact) mass is 385 g/mol. The fraction of sp³-hybridized carbons (Fsp3) is 0.867. The Morgan fingerprint density at radius 1 is 1.20 bits per heavy atom. The second-order valence-corrected chi connectivity index (χ2v) is 12.6. The summed E-state index contributed by atoms with van der Waals surface area (Å²) in [5, 5.41) is 9.39. The lowest BCUT2D eigenvalue weighted by Gasteiger charge is -2.47. The van der Waals surface area contributed by atoms with Crippen LogP contribution in [0.4, 0.5) is 18.0 Å². The number of carbonyl (C=O) groups is 2. The highest BCUT2D eigenvalue weighted by Crippen LogP contribution is 2.45. The predicted molar refractivity (Wildman–Crippen MR) is 86.8 cm³/mol. The molecule has 0 aromatic rings. The smallest absolute Gasteiger partial charge is 0.416 e. The predicted octanol–water partition coefficient (Wildman–Crippen LogP) is 3.62. The quantitative estimate of drug-likeness (QED) is 0.751. The fourth-order valence-electron chi connectivity index (χ4n) is 2.74. The normalized spacial score (nSPS) is 25.6. The Balaban J connectivity index is 3.17. The number of amides is 1. The van der Waals surface area contributed by atoms with Gasteiger partial charge in [0, 0.05) is 19.4 Å². The zero-order valence-electron chi connectivity index (χ0n) is 15.4. The molecule has 0 aromatic heterocycles. The van der Waals surface area contributed by atoms with Crippen molar-refractivity contribution in [2.24, 2.45) is 0 Å². The van der Waals surface area contributed by atoms with Crippen LogP contribution < -0.4 is 0 Å². The van der Waals surface area contributed by atoms with Crippen molar-refractivity contribution >= 4 is 20.4 Å². The van der Waals surface area contributed by atoms with E-state index < -0.39 is 63.2 Å². The average Bonchev–Trinajstić information content (AvgIpc) is 2.32. The molecule has 10 heteroatoms. The summed E-state index contributed by atoms with van der Waals surface area (Å²) in [5.41, 5.74) is -3.45. The van der Waals surface area contributed by atoms with Crippen LogP contribution in [0.5, 0.6) is 0 Å². The van der Waals surface area contributed by atoms with Gasteiger partial charge < -0.3 is 14.3 Å². The zero-order chi connectivity index (χ0) is 19.8. The molecule has 0 saturated carbocycles. The van der Waals surface area contributed by atoms with Crippen LogP contribution in [0.1, 0.15) is 33.6 Å². The lowest BCUT2D eigenvalue weighted by molar-refractivity contribution is -0.268. The Bertz CT molecular complexity index is 527. The molecule has 1 fully saturated rings. The van der Waals surface area contributed by atoms with E-state index in [0.717, 1.165) is 4.90 Å². The van der Waals surface area contributed by atoms with Crippen LogP contribution in [-0.2, 0) is 14.0 Å². The topological polar surface area (TPSA) is 76.1 Å². The van der Waals surface area contributed by atoms with Crippen LogP contribution in [0.15, 0.2) is 0 Å². The van der Waals surface area contributed by atoms with Gasteiger partial charge in [-0.25, -0.2) is 9.59 Å².